The maximum Gasteiger partial charge on any atom is 0.181 e. The number of hydrogen-bond donors (Lipinski definition) is 1. The fraction of sp³-hybridized carbons (Fsp3) is 0.308. The van der Waals surface area contributed by atoms with E-state index in [-0.39, 0.29) is 5.02 Å². The van der Waals surface area contributed by atoms with E-state index in [0.29, 0.717) is 23.9 Å². The van der Waals surface area contributed by atoms with E-state index in [1.807, 2.05) is 13.8 Å². The molecule has 5 heteroatoms. The number of oxazole rings is 1. The summed E-state index contributed by atoms with van der Waals surface area (Å²) >= 11 is 5.65. The highest BCUT2D eigenvalue weighted by Gasteiger charge is 2.12. The maximum atomic E-state index is 13.4. The van der Waals surface area contributed by atoms with Crippen LogP contribution in [0.4, 0.5) is 4.39 Å². The van der Waals surface area contributed by atoms with E-state index in [1.54, 1.807) is 6.07 Å². The Balaban J connectivity index is 2.27. The van der Waals surface area contributed by atoms with Gasteiger partial charge in [0.25, 0.3) is 0 Å². The molecule has 96 valence electrons. The molecule has 1 aromatic heterocycles. The summed E-state index contributed by atoms with van der Waals surface area (Å²) in [6.07, 6.45) is 1.36. The zero-order valence-electron chi connectivity index (χ0n) is 10.2. The molecule has 0 amide bonds. The van der Waals surface area contributed by atoms with Gasteiger partial charge in [-0.05, 0) is 18.2 Å². The molecule has 2 aromatic rings. The topological polar surface area (TPSA) is 38.1 Å². The molecule has 0 saturated heterocycles. The summed E-state index contributed by atoms with van der Waals surface area (Å²) < 4.78 is 18.7. The Morgan fingerprint density at radius 1 is 1.44 bits per heavy atom. The Morgan fingerprint density at radius 2 is 2.22 bits per heavy atom. The second kappa shape index (κ2) is 5.50. The molecule has 1 N–H and O–H groups in total. The molecule has 18 heavy (non-hydrogen) atoms. The Morgan fingerprint density at radius 3 is 2.89 bits per heavy atom. The molecule has 0 spiro atoms. The van der Waals surface area contributed by atoms with Crippen LogP contribution in [0, 0.1) is 5.82 Å². The van der Waals surface area contributed by atoms with Gasteiger partial charge in [-0.25, -0.2) is 9.37 Å². The molecule has 1 aromatic carbocycles. The van der Waals surface area contributed by atoms with Crippen molar-refractivity contribution in [2.75, 3.05) is 0 Å². The third kappa shape index (κ3) is 2.89. The van der Waals surface area contributed by atoms with E-state index in [4.69, 9.17) is 16.0 Å². The molecule has 3 nitrogen and oxygen atoms in total. The predicted octanol–water partition coefficient (Wildman–Crippen LogP) is 3.63. The van der Waals surface area contributed by atoms with Crippen molar-refractivity contribution in [1.82, 2.24) is 10.3 Å². The highest BCUT2D eigenvalue weighted by atomic mass is 35.5. The van der Waals surface area contributed by atoms with Crippen molar-refractivity contribution in [2.24, 2.45) is 0 Å². The predicted molar refractivity (Wildman–Crippen MR) is 68.9 cm³/mol. The number of nitrogens with zero attached hydrogens (tertiary/aromatic N) is 1. The minimum absolute atomic E-state index is 0.0973. The van der Waals surface area contributed by atoms with Crippen LogP contribution in [0.1, 0.15) is 19.5 Å². The average Bonchev–Trinajstić information content (AvgIpc) is 2.78. The van der Waals surface area contributed by atoms with E-state index in [1.165, 1.54) is 18.5 Å². The van der Waals surface area contributed by atoms with Crippen LogP contribution in [0.25, 0.3) is 11.3 Å². The SMILES string of the molecule is CC(C)NCc1ncoc1-c1ccc(Cl)c(F)c1. The number of aromatic nitrogens is 1. The molecule has 0 aliphatic carbocycles. The normalized spacial score (nSPS) is 11.2. The van der Waals surface area contributed by atoms with Crippen LogP contribution in [0.2, 0.25) is 5.02 Å². The molecule has 1 heterocycles. The lowest BCUT2D eigenvalue weighted by Gasteiger charge is -2.07. The van der Waals surface area contributed by atoms with Gasteiger partial charge in [0, 0.05) is 18.2 Å². The first kappa shape index (κ1) is 13.1. The molecule has 0 aliphatic heterocycles. The van der Waals surface area contributed by atoms with Crippen LogP contribution >= 0.6 is 11.6 Å². The van der Waals surface area contributed by atoms with Crippen molar-refractivity contribution in [1.29, 1.82) is 0 Å². The van der Waals surface area contributed by atoms with Gasteiger partial charge in [-0.1, -0.05) is 25.4 Å². The van der Waals surface area contributed by atoms with E-state index < -0.39 is 5.82 Å². The molecule has 2 rings (SSSR count). The summed E-state index contributed by atoms with van der Waals surface area (Å²) in [4.78, 5) is 4.13. The fourth-order valence-corrected chi connectivity index (χ4v) is 1.69. The summed E-state index contributed by atoms with van der Waals surface area (Å²) in [6.45, 7) is 4.66. The van der Waals surface area contributed by atoms with Gasteiger partial charge in [-0.15, -0.1) is 0 Å². The van der Waals surface area contributed by atoms with Gasteiger partial charge in [0.1, 0.15) is 11.5 Å². The van der Waals surface area contributed by atoms with Gasteiger partial charge in [0.2, 0.25) is 0 Å². The monoisotopic (exact) mass is 268 g/mol. The maximum absolute atomic E-state index is 13.4. The van der Waals surface area contributed by atoms with Crippen molar-refractivity contribution in [3.63, 3.8) is 0 Å². The Bertz CT molecular complexity index is 540. The molecule has 0 atom stereocenters. The highest BCUT2D eigenvalue weighted by molar-refractivity contribution is 6.30. The van der Waals surface area contributed by atoms with Crippen LogP contribution in [0.5, 0.6) is 0 Å². The van der Waals surface area contributed by atoms with Crippen LogP contribution < -0.4 is 5.32 Å². The zero-order valence-corrected chi connectivity index (χ0v) is 11.0. The van der Waals surface area contributed by atoms with E-state index in [9.17, 15) is 4.39 Å². The number of nitrogens with one attached hydrogen (secondary N) is 1. The molecular weight excluding hydrogens is 255 g/mol. The van der Waals surface area contributed by atoms with Crippen molar-refractivity contribution in [3.05, 3.63) is 41.1 Å². The van der Waals surface area contributed by atoms with Crippen LogP contribution in [0.3, 0.4) is 0 Å². The first-order chi connectivity index (χ1) is 8.58. The largest absolute Gasteiger partial charge is 0.443 e. The first-order valence-electron chi connectivity index (χ1n) is 5.69. The zero-order chi connectivity index (χ0) is 13.1. The van der Waals surface area contributed by atoms with Gasteiger partial charge >= 0.3 is 0 Å². The number of rotatable bonds is 4. The standard InChI is InChI=1S/C13H14ClFN2O/c1-8(2)16-6-12-13(18-7-17-12)9-3-4-10(14)11(15)5-9/h3-5,7-8,16H,6H2,1-2H3. The van der Waals surface area contributed by atoms with Gasteiger partial charge in [-0.3, -0.25) is 0 Å². The third-order valence-corrected chi connectivity index (χ3v) is 2.81. The van der Waals surface area contributed by atoms with E-state index >= 15 is 0 Å². The van der Waals surface area contributed by atoms with Crippen molar-refractivity contribution in [2.45, 2.75) is 26.4 Å². The van der Waals surface area contributed by atoms with Crippen LogP contribution in [-0.4, -0.2) is 11.0 Å². The molecular formula is C13H14ClFN2O. The molecule has 0 aliphatic rings. The summed E-state index contributed by atoms with van der Waals surface area (Å²) in [6, 6.07) is 4.91. The summed E-state index contributed by atoms with van der Waals surface area (Å²) in [7, 11) is 0. The fourth-order valence-electron chi connectivity index (χ4n) is 1.57. The van der Waals surface area contributed by atoms with E-state index in [0.717, 1.165) is 5.69 Å². The average molecular weight is 269 g/mol. The third-order valence-electron chi connectivity index (χ3n) is 2.50. The highest BCUT2D eigenvalue weighted by Crippen LogP contribution is 2.26. The Hall–Kier alpha value is -1.39. The summed E-state index contributed by atoms with van der Waals surface area (Å²) in [5.41, 5.74) is 1.39. The Kier molecular flexibility index (Phi) is 3.99. The lowest BCUT2D eigenvalue weighted by atomic mass is 10.1. The smallest absolute Gasteiger partial charge is 0.181 e. The van der Waals surface area contributed by atoms with Crippen molar-refractivity contribution < 1.29 is 8.81 Å². The van der Waals surface area contributed by atoms with Gasteiger partial charge in [0.05, 0.1) is 5.02 Å². The van der Waals surface area contributed by atoms with Gasteiger partial charge < -0.3 is 9.73 Å². The van der Waals surface area contributed by atoms with Crippen molar-refractivity contribution in [3.8, 4) is 11.3 Å². The number of benzene rings is 1. The van der Waals surface area contributed by atoms with Gasteiger partial charge in [0.15, 0.2) is 12.2 Å². The number of halogens is 2. The number of hydrogen-bond acceptors (Lipinski definition) is 3. The Labute approximate surface area is 110 Å². The van der Waals surface area contributed by atoms with Crippen molar-refractivity contribution >= 4 is 11.6 Å². The summed E-state index contributed by atoms with van der Waals surface area (Å²) in [5, 5.41) is 3.34. The van der Waals surface area contributed by atoms with Crippen LogP contribution in [0.15, 0.2) is 29.0 Å². The molecule has 0 bridgehead atoms. The van der Waals surface area contributed by atoms with E-state index in [2.05, 4.69) is 10.3 Å². The quantitative estimate of drug-likeness (QED) is 0.920. The minimum atomic E-state index is -0.465. The summed E-state index contributed by atoms with van der Waals surface area (Å²) in [5.74, 6) is 0.104. The molecule has 0 saturated carbocycles. The second-order valence-corrected chi connectivity index (χ2v) is 4.70. The van der Waals surface area contributed by atoms with Gasteiger partial charge in [-0.2, -0.15) is 0 Å². The lowest BCUT2D eigenvalue weighted by molar-refractivity contribution is 0.561. The molecule has 0 unspecified atom stereocenters. The minimum Gasteiger partial charge on any atom is -0.443 e. The van der Waals surface area contributed by atoms with Crippen LogP contribution in [-0.2, 0) is 6.54 Å². The first-order valence-corrected chi connectivity index (χ1v) is 6.07. The lowest BCUT2D eigenvalue weighted by Crippen LogP contribution is -2.22. The molecule has 0 fully saturated rings. The second-order valence-electron chi connectivity index (χ2n) is 4.29. The molecule has 0 radical (unpaired) electrons.